The maximum atomic E-state index is 13.0. The van der Waals surface area contributed by atoms with Crippen LogP contribution in [0.25, 0.3) is 11.1 Å². The Kier molecular flexibility index (Phi) is 5.34. The maximum Gasteiger partial charge on any atom is 0.254 e. The Morgan fingerprint density at radius 1 is 1.24 bits per heavy atom. The molecule has 150 valence electrons. The summed E-state index contributed by atoms with van der Waals surface area (Å²) in [5.41, 5.74) is 4.85. The third-order valence-electron chi connectivity index (χ3n) is 5.73. The molecule has 1 N–H and O–H groups in total. The number of benzene rings is 1. The van der Waals surface area contributed by atoms with Crippen LogP contribution in [0.15, 0.2) is 53.6 Å². The van der Waals surface area contributed by atoms with Gasteiger partial charge in [-0.15, -0.1) is 0 Å². The third kappa shape index (κ3) is 3.88. The molecule has 1 aliphatic rings. The number of nitrogens with zero attached hydrogens (tertiary/aromatic N) is 3. The van der Waals surface area contributed by atoms with E-state index in [2.05, 4.69) is 41.4 Å². The number of nitrogens with one attached hydrogen (secondary N) is 1. The number of aromatic nitrogens is 3. The summed E-state index contributed by atoms with van der Waals surface area (Å²) in [4.78, 5) is 27.0. The van der Waals surface area contributed by atoms with Gasteiger partial charge in [-0.3, -0.25) is 14.7 Å². The molecule has 6 heteroatoms. The summed E-state index contributed by atoms with van der Waals surface area (Å²) in [6, 6.07) is 11.6. The number of H-pyrrole nitrogens is 1. The van der Waals surface area contributed by atoms with E-state index in [1.165, 1.54) is 11.6 Å². The van der Waals surface area contributed by atoms with Crippen molar-refractivity contribution in [2.45, 2.75) is 39.2 Å². The van der Waals surface area contributed by atoms with Gasteiger partial charge in [0.1, 0.15) is 0 Å². The summed E-state index contributed by atoms with van der Waals surface area (Å²) in [5, 5.41) is 7.45. The molecule has 0 saturated carbocycles. The molecule has 0 radical (unpaired) electrons. The van der Waals surface area contributed by atoms with Gasteiger partial charge in [0.15, 0.2) is 0 Å². The van der Waals surface area contributed by atoms with Crippen molar-refractivity contribution >= 4 is 5.91 Å². The molecule has 1 amide bonds. The van der Waals surface area contributed by atoms with Gasteiger partial charge < -0.3 is 9.47 Å². The Morgan fingerprint density at radius 3 is 2.76 bits per heavy atom. The van der Waals surface area contributed by atoms with E-state index in [0.29, 0.717) is 25.2 Å². The van der Waals surface area contributed by atoms with E-state index >= 15 is 0 Å². The fourth-order valence-corrected chi connectivity index (χ4v) is 4.05. The van der Waals surface area contributed by atoms with Crippen LogP contribution < -0.4 is 5.56 Å². The highest BCUT2D eigenvalue weighted by molar-refractivity contribution is 5.94. The summed E-state index contributed by atoms with van der Waals surface area (Å²) in [6.45, 7) is 5.91. The van der Waals surface area contributed by atoms with Crippen LogP contribution in [0.2, 0.25) is 0 Å². The molecule has 0 unspecified atom stereocenters. The van der Waals surface area contributed by atoms with Crippen LogP contribution in [-0.4, -0.2) is 38.7 Å². The highest BCUT2D eigenvalue weighted by atomic mass is 16.2. The van der Waals surface area contributed by atoms with E-state index < -0.39 is 0 Å². The highest BCUT2D eigenvalue weighted by Crippen LogP contribution is 2.33. The monoisotopic (exact) mass is 390 g/mol. The fourth-order valence-electron chi connectivity index (χ4n) is 4.05. The Balaban J connectivity index is 1.56. The Morgan fingerprint density at radius 2 is 2.03 bits per heavy atom. The maximum absolute atomic E-state index is 13.0. The van der Waals surface area contributed by atoms with Crippen LogP contribution in [0.3, 0.4) is 0 Å². The van der Waals surface area contributed by atoms with E-state index in [1.54, 1.807) is 16.8 Å². The lowest BCUT2D eigenvalue weighted by molar-refractivity contribution is 0.0705. The number of hydrogen-bond donors (Lipinski definition) is 1. The second-order valence-electron chi connectivity index (χ2n) is 7.69. The molecule has 1 aromatic carbocycles. The number of rotatable bonds is 4. The highest BCUT2D eigenvalue weighted by Gasteiger charge is 2.28. The molecule has 0 bridgehead atoms. The van der Waals surface area contributed by atoms with Gasteiger partial charge in [-0.2, -0.15) is 5.10 Å². The molecule has 4 rings (SSSR count). The predicted octanol–water partition coefficient (Wildman–Crippen LogP) is 3.59. The van der Waals surface area contributed by atoms with Gasteiger partial charge in [0.25, 0.3) is 11.5 Å². The predicted molar refractivity (Wildman–Crippen MR) is 113 cm³/mol. The number of likely N-dealkylation sites (tertiary alicyclic amines) is 1. The molecule has 3 aromatic rings. The first kappa shape index (κ1) is 19.2. The average Bonchev–Trinajstić information content (AvgIpc) is 3.24. The van der Waals surface area contributed by atoms with Crippen LogP contribution in [0.1, 0.15) is 47.3 Å². The van der Waals surface area contributed by atoms with Gasteiger partial charge in [-0.1, -0.05) is 29.8 Å². The number of aryl methyl sites for hydroxylation is 2. The summed E-state index contributed by atoms with van der Waals surface area (Å²) in [7, 11) is 0. The smallest absolute Gasteiger partial charge is 0.254 e. The molecule has 2 aromatic heterocycles. The van der Waals surface area contributed by atoms with Crippen LogP contribution >= 0.6 is 0 Å². The number of carbonyl (C=O) groups is 1. The molecule has 3 heterocycles. The van der Waals surface area contributed by atoms with E-state index in [9.17, 15) is 9.59 Å². The number of piperidine rings is 1. The van der Waals surface area contributed by atoms with Crippen molar-refractivity contribution in [2.75, 3.05) is 13.1 Å². The van der Waals surface area contributed by atoms with Gasteiger partial charge in [0.05, 0.1) is 6.20 Å². The number of aromatic amines is 1. The Hall–Kier alpha value is -3.15. The largest absolute Gasteiger partial charge is 0.338 e. The van der Waals surface area contributed by atoms with Crippen molar-refractivity contribution in [3.63, 3.8) is 0 Å². The minimum atomic E-state index is -0.137. The average molecular weight is 390 g/mol. The summed E-state index contributed by atoms with van der Waals surface area (Å²) < 4.78 is 1.59. The number of pyridine rings is 1. The number of hydrogen-bond acceptors (Lipinski definition) is 3. The van der Waals surface area contributed by atoms with E-state index in [1.807, 2.05) is 18.0 Å². The second-order valence-corrected chi connectivity index (χ2v) is 7.69. The number of carbonyl (C=O) groups excluding carboxylic acids is 1. The molecular weight excluding hydrogens is 364 g/mol. The van der Waals surface area contributed by atoms with Crippen molar-refractivity contribution in [1.82, 2.24) is 19.7 Å². The van der Waals surface area contributed by atoms with Crippen molar-refractivity contribution in [3.8, 4) is 11.1 Å². The second kappa shape index (κ2) is 8.07. The standard InChI is InChI=1S/C23H26N4O2/c1-3-26-12-10-18(13-21(26)28)23(29)27-11-4-5-19(15-27)22-20(14-24-25-22)17-8-6-16(2)7-9-17/h6-10,12-14,19H,3-5,11,15H2,1-2H3,(H,24,25)/t19-/m1/s1. The first-order valence-corrected chi connectivity index (χ1v) is 10.2. The van der Waals surface area contributed by atoms with Crippen molar-refractivity contribution in [3.05, 3.63) is 76.0 Å². The molecule has 1 aliphatic heterocycles. The summed E-state index contributed by atoms with van der Waals surface area (Å²) >= 11 is 0. The van der Waals surface area contributed by atoms with Crippen LogP contribution in [0, 0.1) is 6.92 Å². The molecular formula is C23H26N4O2. The van der Waals surface area contributed by atoms with Crippen molar-refractivity contribution in [1.29, 1.82) is 0 Å². The van der Waals surface area contributed by atoms with Gasteiger partial charge in [0, 0.05) is 54.6 Å². The fraction of sp³-hybridized carbons (Fsp3) is 0.348. The van der Waals surface area contributed by atoms with Crippen LogP contribution in [-0.2, 0) is 6.54 Å². The molecule has 0 aliphatic carbocycles. The lowest BCUT2D eigenvalue weighted by Crippen LogP contribution is -2.39. The normalized spacial score (nSPS) is 16.8. The Labute approximate surface area is 170 Å². The quantitative estimate of drug-likeness (QED) is 0.740. The topological polar surface area (TPSA) is 71.0 Å². The van der Waals surface area contributed by atoms with E-state index in [0.717, 1.165) is 29.7 Å². The van der Waals surface area contributed by atoms with Gasteiger partial charge in [-0.25, -0.2) is 0 Å². The van der Waals surface area contributed by atoms with Crippen molar-refractivity contribution < 1.29 is 4.79 Å². The van der Waals surface area contributed by atoms with Gasteiger partial charge in [0.2, 0.25) is 0 Å². The number of amides is 1. The van der Waals surface area contributed by atoms with E-state index in [4.69, 9.17) is 0 Å². The van der Waals surface area contributed by atoms with Crippen LogP contribution in [0.5, 0.6) is 0 Å². The molecule has 6 nitrogen and oxygen atoms in total. The van der Waals surface area contributed by atoms with E-state index in [-0.39, 0.29) is 17.4 Å². The molecule has 1 atom stereocenters. The molecule has 1 saturated heterocycles. The molecule has 29 heavy (non-hydrogen) atoms. The minimum absolute atomic E-state index is 0.0774. The zero-order valence-corrected chi connectivity index (χ0v) is 16.9. The lowest BCUT2D eigenvalue weighted by atomic mass is 9.90. The minimum Gasteiger partial charge on any atom is -0.338 e. The van der Waals surface area contributed by atoms with Gasteiger partial charge in [-0.05, 0) is 38.3 Å². The SMILES string of the molecule is CCn1ccc(C(=O)N2CCC[C@@H](c3[nH]ncc3-c3ccc(C)cc3)C2)cc1=O. The summed E-state index contributed by atoms with van der Waals surface area (Å²) in [5.74, 6) is 0.119. The zero-order chi connectivity index (χ0) is 20.4. The van der Waals surface area contributed by atoms with Crippen LogP contribution in [0.4, 0.5) is 0 Å². The zero-order valence-electron chi connectivity index (χ0n) is 16.9. The summed E-state index contributed by atoms with van der Waals surface area (Å²) in [6.07, 6.45) is 5.49. The first-order chi connectivity index (χ1) is 14.1. The van der Waals surface area contributed by atoms with Gasteiger partial charge >= 0.3 is 0 Å². The first-order valence-electron chi connectivity index (χ1n) is 10.2. The molecule has 1 fully saturated rings. The Bertz CT molecular complexity index is 1060. The molecule has 0 spiro atoms. The van der Waals surface area contributed by atoms with Crippen molar-refractivity contribution in [2.24, 2.45) is 0 Å². The lowest BCUT2D eigenvalue weighted by Gasteiger charge is -2.33. The third-order valence-corrected chi connectivity index (χ3v) is 5.73.